The highest BCUT2D eigenvalue weighted by molar-refractivity contribution is 6.19. The molecule has 8 nitrogen and oxygen atoms in total. The van der Waals surface area contributed by atoms with Gasteiger partial charge in [-0.3, -0.25) is 14.5 Å². The van der Waals surface area contributed by atoms with E-state index in [0.29, 0.717) is 11.1 Å². The fraction of sp³-hybridized carbons (Fsp3) is 0.714. The van der Waals surface area contributed by atoms with Gasteiger partial charge in [0.25, 0.3) is 11.8 Å². The number of hydrogen-bond acceptors (Lipinski definition) is 7. The summed E-state index contributed by atoms with van der Waals surface area (Å²) in [5.41, 5.74) is 0.612. The highest BCUT2D eigenvalue weighted by Crippen LogP contribution is 2.31. The number of ether oxygens (including phenoxy) is 3. The van der Waals surface area contributed by atoms with Crippen molar-refractivity contribution in [3.05, 3.63) is 11.1 Å². The van der Waals surface area contributed by atoms with E-state index in [1.807, 2.05) is 0 Å². The van der Waals surface area contributed by atoms with Crippen molar-refractivity contribution >= 4 is 11.8 Å². The average molecular weight is 315 g/mol. The minimum Gasteiger partial charge on any atom is -0.388 e. The summed E-state index contributed by atoms with van der Waals surface area (Å²) in [6.07, 6.45) is -4.57. The van der Waals surface area contributed by atoms with Crippen molar-refractivity contribution in [3.8, 4) is 0 Å². The molecule has 0 bridgehead atoms. The lowest BCUT2D eigenvalue weighted by Gasteiger charge is -2.44. The molecule has 1 fully saturated rings. The van der Waals surface area contributed by atoms with E-state index in [9.17, 15) is 19.8 Å². The van der Waals surface area contributed by atoms with Gasteiger partial charge in [0.1, 0.15) is 24.4 Å². The van der Waals surface area contributed by atoms with Gasteiger partial charge in [0.2, 0.25) is 0 Å². The zero-order chi connectivity index (χ0) is 16.6. The van der Waals surface area contributed by atoms with Crippen molar-refractivity contribution in [2.24, 2.45) is 0 Å². The Morgan fingerprint density at radius 1 is 1.09 bits per heavy atom. The van der Waals surface area contributed by atoms with Crippen LogP contribution in [0.15, 0.2) is 11.1 Å². The molecule has 2 aliphatic rings. The molecule has 2 rings (SSSR count). The van der Waals surface area contributed by atoms with Gasteiger partial charge in [-0.1, -0.05) is 0 Å². The number of aliphatic hydroxyl groups excluding tert-OH is 2. The second kappa shape index (κ2) is 6.43. The number of imide groups is 1. The maximum Gasteiger partial charge on any atom is 0.257 e. The third-order valence-corrected chi connectivity index (χ3v) is 4.17. The number of methoxy groups -OCH3 is 2. The lowest BCUT2D eigenvalue weighted by molar-refractivity contribution is -0.276. The maximum atomic E-state index is 12.3. The molecule has 0 unspecified atom stereocenters. The molecule has 2 aliphatic heterocycles. The smallest absolute Gasteiger partial charge is 0.257 e. The van der Waals surface area contributed by atoms with E-state index in [4.69, 9.17) is 14.2 Å². The molecule has 8 heteroatoms. The van der Waals surface area contributed by atoms with Gasteiger partial charge in [0.15, 0.2) is 6.29 Å². The van der Waals surface area contributed by atoms with Crippen LogP contribution in [0.4, 0.5) is 0 Å². The van der Waals surface area contributed by atoms with Crippen molar-refractivity contribution < 1.29 is 34.0 Å². The summed E-state index contributed by atoms with van der Waals surface area (Å²) >= 11 is 0. The Kier molecular flexibility index (Phi) is 4.98. The summed E-state index contributed by atoms with van der Waals surface area (Å²) in [7, 11) is 2.77. The number of nitrogens with zero attached hydrogens (tertiary/aromatic N) is 1. The highest BCUT2D eigenvalue weighted by Gasteiger charge is 2.52. The lowest BCUT2D eigenvalue weighted by atomic mass is 9.95. The first-order valence-electron chi connectivity index (χ1n) is 6.93. The quantitative estimate of drug-likeness (QED) is 0.628. The zero-order valence-electron chi connectivity index (χ0n) is 13.0. The van der Waals surface area contributed by atoms with Crippen LogP contribution in [0, 0.1) is 0 Å². The van der Waals surface area contributed by atoms with Gasteiger partial charge in [0.05, 0.1) is 6.61 Å². The maximum absolute atomic E-state index is 12.3. The summed E-state index contributed by atoms with van der Waals surface area (Å²) in [4.78, 5) is 25.4. The average Bonchev–Trinajstić information content (AvgIpc) is 2.69. The van der Waals surface area contributed by atoms with Crippen molar-refractivity contribution in [1.29, 1.82) is 0 Å². The van der Waals surface area contributed by atoms with Crippen molar-refractivity contribution in [2.45, 2.75) is 44.5 Å². The third-order valence-electron chi connectivity index (χ3n) is 4.17. The fourth-order valence-electron chi connectivity index (χ4n) is 2.73. The SMILES string of the molecule is COC[C@H]1O[C@@H](OC)[C@H](N2C(=O)C(C)=C(C)C2=O)[C@@H](O)[C@@H]1O. The van der Waals surface area contributed by atoms with E-state index in [0.717, 1.165) is 4.90 Å². The Hall–Kier alpha value is -1.32. The molecule has 124 valence electrons. The third kappa shape index (κ3) is 2.57. The number of rotatable bonds is 4. The molecule has 2 N–H and O–H groups in total. The Morgan fingerprint density at radius 2 is 1.64 bits per heavy atom. The normalized spacial score (nSPS) is 36.5. The number of carbonyl (C=O) groups is 2. The second-order valence-electron chi connectivity index (χ2n) is 5.44. The number of amides is 2. The molecule has 0 saturated carbocycles. The van der Waals surface area contributed by atoms with Gasteiger partial charge in [-0.25, -0.2) is 0 Å². The molecule has 0 aliphatic carbocycles. The molecule has 0 aromatic rings. The minimum absolute atomic E-state index is 0.0446. The minimum atomic E-state index is -1.40. The van der Waals surface area contributed by atoms with E-state index < -0.39 is 42.5 Å². The van der Waals surface area contributed by atoms with Crippen LogP contribution in [-0.4, -0.2) is 78.4 Å². The van der Waals surface area contributed by atoms with Crippen molar-refractivity contribution in [1.82, 2.24) is 4.90 Å². The second-order valence-corrected chi connectivity index (χ2v) is 5.44. The largest absolute Gasteiger partial charge is 0.388 e. The summed E-state index contributed by atoms with van der Waals surface area (Å²) < 4.78 is 15.6. The molecule has 0 aromatic carbocycles. The Morgan fingerprint density at radius 3 is 2.09 bits per heavy atom. The summed E-state index contributed by atoms with van der Waals surface area (Å²) in [5.74, 6) is -1.04. The summed E-state index contributed by atoms with van der Waals surface area (Å²) in [6.45, 7) is 3.12. The number of carbonyl (C=O) groups excluding carboxylic acids is 2. The van der Waals surface area contributed by atoms with E-state index in [1.165, 1.54) is 28.1 Å². The van der Waals surface area contributed by atoms with Crippen LogP contribution in [0.25, 0.3) is 0 Å². The standard InChI is InChI=1S/C14H21NO7/c1-6-7(2)13(19)15(12(6)18)9-11(17)10(16)8(5-20-3)22-14(9)21-4/h8-11,14,16-17H,5H2,1-4H3/t8-,9-,10-,11-,14-/m1/s1. The molecule has 22 heavy (non-hydrogen) atoms. The Balaban J connectivity index is 2.30. The van der Waals surface area contributed by atoms with Crippen LogP contribution in [0.1, 0.15) is 13.8 Å². The first-order chi connectivity index (χ1) is 10.3. The summed E-state index contributed by atoms with van der Waals surface area (Å²) in [6, 6.07) is -1.12. The lowest BCUT2D eigenvalue weighted by Crippen LogP contribution is -2.65. The van der Waals surface area contributed by atoms with Crippen LogP contribution in [0.2, 0.25) is 0 Å². The van der Waals surface area contributed by atoms with Crippen molar-refractivity contribution in [2.75, 3.05) is 20.8 Å². The topological polar surface area (TPSA) is 106 Å². The van der Waals surface area contributed by atoms with Crippen LogP contribution in [0.5, 0.6) is 0 Å². The Labute approximate surface area is 128 Å². The van der Waals surface area contributed by atoms with Gasteiger partial charge in [-0.2, -0.15) is 0 Å². The van der Waals surface area contributed by atoms with Gasteiger partial charge in [-0.05, 0) is 13.8 Å². The summed E-state index contributed by atoms with van der Waals surface area (Å²) in [5, 5.41) is 20.5. The van der Waals surface area contributed by atoms with Crippen LogP contribution in [-0.2, 0) is 23.8 Å². The van der Waals surface area contributed by atoms with Gasteiger partial charge in [-0.15, -0.1) is 0 Å². The first kappa shape index (κ1) is 17.0. The number of hydrogen-bond donors (Lipinski definition) is 2. The zero-order valence-corrected chi connectivity index (χ0v) is 13.0. The van der Waals surface area contributed by atoms with E-state index >= 15 is 0 Å². The molecular formula is C14H21NO7. The van der Waals surface area contributed by atoms with E-state index in [-0.39, 0.29) is 6.61 Å². The molecule has 0 spiro atoms. The molecular weight excluding hydrogens is 294 g/mol. The van der Waals surface area contributed by atoms with E-state index in [2.05, 4.69) is 0 Å². The van der Waals surface area contributed by atoms with Gasteiger partial charge in [0, 0.05) is 25.4 Å². The predicted molar refractivity (Wildman–Crippen MR) is 73.6 cm³/mol. The predicted octanol–water partition coefficient (Wildman–Crippen LogP) is -1.20. The van der Waals surface area contributed by atoms with Crippen molar-refractivity contribution in [3.63, 3.8) is 0 Å². The first-order valence-corrected chi connectivity index (χ1v) is 6.93. The molecule has 1 saturated heterocycles. The van der Waals surface area contributed by atoms with E-state index in [1.54, 1.807) is 0 Å². The van der Waals surface area contributed by atoms with Crippen LogP contribution < -0.4 is 0 Å². The molecule has 2 heterocycles. The molecule has 0 aromatic heterocycles. The molecule has 0 radical (unpaired) electrons. The molecule has 2 amide bonds. The van der Waals surface area contributed by atoms with Crippen LogP contribution >= 0.6 is 0 Å². The molecule has 5 atom stereocenters. The van der Waals surface area contributed by atoms with Gasteiger partial charge >= 0.3 is 0 Å². The monoisotopic (exact) mass is 315 g/mol. The fourth-order valence-corrected chi connectivity index (χ4v) is 2.73. The Bertz CT molecular complexity index is 477. The highest BCUT2D eigenvalue weighted by atomic mass is 16.7. The number of aliphatic hydroxyl groups is 2. The van der Waals surface area contributed by atoms with Gasteiger partial charge < -0.3 is 24.4 Å². The van der Waals surface area contributed by atoms with Crippen LogP contribution in [0.3, 0.4) is 0 Å².